The highest BCUT2D eigenvalue weighted by Gasteiger charge is 2.29. The molecule has 0 aromatic heterocycles. The first-order valence-electron chi connectivity index (χ1n) is 11.6. The lowest BCUT2D eigenvalue weighted by molar-refractivity contribution is -0.110. The molecule has 0 unspecified atom stereocenters. The van der Waals surface area contributed by atoms with Crippen molar-refractivity contribution in [3.05, 3.63) is 94.9 Å². The smallest absolute Gasteiger partial charge is 0.258 e. The maximum Gasteiger partial charge on any atom is 0.258 e. The molecule has 0 aliphatic carbocycles. The normalized spacial score (nSPS) is 15.1. The molecule has 0 saturated heterocycles. The Morgan fingerprint density at radius 2 is 1.69 bits per heavy atom. The standard InChI is InChI=1S/C28H26ClN3O3/c1-3-32(4-2)17-18-5-9-21(10-6-18)30-27(19-7-12-24-25(15-19)35-14-13-34-24)26-22-11-8-20(29)16-23(22)31-28(26)33/h5-16,30H,3-4,17H2,1-2H3,(H,31,33). The maximum absolute atomic E-state index is 13.2. The molecule has 2 heterocycles. The van der Waals surface area contributed by atoms with Gasteiger partial charge in [0.1, 0.15) is 12.5 Å². The Hall–Kier alpha value is -3.74. The van der Waals surface area contributed by atoms with Crippen LogP contribution in [-0.4, -0.2) is 23.9 Å². The first-order valence-corrected chi connectivity index (χ1v) is 12.0. The molecule has 0 spiro atoms. The van der Waals surface area contributed by atoms with Crippen molar-refractivity contribution in [3.63, 3.8) is 0 Å². The quantitative estimate of drug-likeness (QED) is 0.380. The first-order chi connectivity index (χ1) is 17.1. The van der Waals surface area contributed by atoms with E-state index in [0.717, 1.165) is 36.4 Å². The average molecular weight is 488 g/mol. The van der Waals surface area contributed by atoms with E-state index in [1.807, 2.05) is 36.4 Å². The Morgan fingerprint density at radius 3 is 2.43 bits per heavy atom. The van der Waals surface area contributed by atoms with Crippen molar-refractivity contribution in [2.24, 2.45) is 0 Å². The zero-order valence-electron chi connectivity index (χ0n) is 19.6. The van der Waals surface area contributed by atoms with Crippen LogP contribution in [0.1, 0.15) is 30.5 Å². The van der Waals surface area contributed by atoms with Crippen LogP contribution in [0.5, 0.6) is 11.5 Å². The van der Waals surface area contributed by atoms with E-state index in [4.69, 9.17) is 21.1 Å². The molecule has 5 rings (SSSR count). The van der Waals surface area contributed by atoms with Crippen LogP contribution in [0.15, 0.2) is 73.2 Å². The molecule has 0 fully saturated rings. The van der Waals surface area contributed by atoms with E-state index in [-0.39, 0.29) is 5.91 Å². The average Bonchev–Trinajstić information content (AvgIpc) is 3.20. The number of hydrogen-bond donors (Lipinski definition) is 2. The Morgan fingerprint density at radius 1 is 0.943 bits per heavy atom. The largest absolute Gasteiger partial charge is 0.458 e. The van der Waals surface area contributed by atoms with E-state index in [1.54, 1.807) is 12.1 Å². The third-order valence-corrected chi connectivity index (χ3v) is 6.41. The summed E-state index contributed by atoms with van der Waals surface area (Å²) in [7, 11) is 0. The number of carbonyl (C=O) groups excluding carboxylic acids is 1. The van der Waals surface area contributed by atoms with Gasteiger partial charge >= 0.3 is 0 Å². The fourth-order valence-corrected chi connectivity index (χ4v) is 4.44. The highest BCUT2D eigenvalue weighted by Crippen LogP contribution is 2.41. The molecular weight excluding hydrogens is 462 g/mol. The van der Waals surface area contributed by atoms with Crippen LogP contribution in [0, 0.1) is 0 Å². The molecular formula is C28H26ClN3O3. The Kier molecular flexibility index (Phi) is 6.49. The Bertz CT molecular complexity index is 1330. The van der Waals surface area contributed by atoms with Gasteiger partial charge in [-0.2, -0.15) is 0 Å². The Balaban J connectivity index is 1.56. The Labute approximate surface area is 209 Å². The first kappa shape index (κ1) is 23.0. The molecule has 1 amide bonds. The topological polar surface area (TPSA) is 62.8 Å². The molecule has 35 heavy (non-hydrogen) atoms. The minimum absolute atomic E-state index is 0.197. The van der Waals surface area contributed by atoms with E-state index in [1.165, 1.54) is 18.1 Å². The van der Waals surface area contributed by atoms with Gasteiger partial charge in [0.25, 0.3) is 5.91 Å². The maximum atomic E-state index is 13.2. The summed E-state index contributed by atoms with van der Waals surface area (Å²) in [5.41, 5.74) is 5.58. The number of hydrogen-bond acceptors (Lipinski definition) is 5. The summed E-state index contributed by atoms with van der Waals surface area (Å²) in [5.74, 6) is 0.997. The van der Waals surface area contributed by atoms with Crippen molar-refractivity contribution in [2.75, 3.05) is 23.7 Å². The fraction of sp³-hybridized carbons (Fsp3) is 0.179. The van der Waals surface area contributed by atoms with Gasteiger partial charge in [0.05, 0.1) is 17.0 Å². The van der Waals surface area contributed by atoms with E-state index < -0.39 is 0 Å². The van der Waals surface area contributed by atoms with Crippen LogP contribution in [-0.2, 0) is 11.3 Å². The number of amides is 1. The van der Waals surface area contributed by atoms with Gasteiger partial charge in [-0.1, -0.05) is 43.6 Å². The van der Waals surface area contributed by atoms with E-state index in [9.17, 15) is 4.79 Å². The van der Waals surface area contributed by atoms with Crippen LogP contribution < -0.4 is 20.1 Å². The summed E-state index contributed by atoms with van der Waals surface area (Å²) in [6.45, 7) is 7.24. The van der Waals surface area contributed by atoms with Gasteiger partial charge in [-0.25, -0.2) is 0 Å². The molecule has 7 heteroatoms. The summed E-state index contributed by atoms with van der Waals surface area (Å²) in [6.07, 6.45) is 2.98. The third-order valence-electron chi connectivity index (χ3n) is 6.18. The van der Waals surface area contributed by atoms with Gasteiger partial charge in [0, 0.05) is 28.4 Å². The summed E-state index contributed by atoms with van der Waals surface area (Å²) >= 11 is 6.17. The van der Waals surface area contributed by atoms with E-state index in [2.05, 4.69) is 41.5 Å². The van der Waals surface area contributed by atoms with Gasteiger partial charge in [-0.05, 0) is 61.1 Å². The van der Waals surface area contributed by atoms with Crippen molar-refractivity contribution < 1.29 is 14.3 Å². The van der Waals surface area contributed by atoms with Crippen LogP contribution in [0.25, 0.3) is 11.3 Å². The second kappa shape index (κ2) is 9.86. The monoisotopic (exact) mass is 487 g/mol. The molecule has 0 radical (unpaired) electrons. The molecule has 0 saturated carbocycles. The van der Waals surface area contributed by atoms with Gasteiger partial charge in [0.2, 0.25) is 0 Å². The number of rotatable bonds is 7. The lowest BCUT2D eigenvalue weighted by Crippen LogP contribution is -2.22. The summed E-state index contributed by atoms with van der Waals surface area (Å²) in [5, 5.41) is 7.00. The highest BCUT2D eigenvalue weighted by molar-refractivity contribution is 6.38. The number of ether oxygens (including phenoxy) is 2. The minimum Gasteiger partial charge on any atom is -0.458 e. The number of nitrogens with zero attached hydrogens (tertiary/aromatic N) is 1. The number of halogens is 1. The second-order valence-electron chi connectivity index (χ2n) is 8.35. The summed E-state index contributed by atoms with van der Waals surface area (Å²) < 4.78 is 11.2. The highest BCUT2D eigenvalue weighted by atomic mass is 35.5. The van der Waals surface area contributed by atoms with Crippen molar-refractivity contribution in [2.45, 2.75) is 20.4 Å². The van der Waals surface area contributed by atoms with E-state index >= 15 is 0 Å². The lowest BCUT2D eigenvalue weighted by atomic mass is 9.99. The van der Waals surface area contributed by atoms with Gasteiger partial charge < -0.3 is 20.1 Å². The van der Waals surface area contributed by atoms with Gasteiger partial charge in [-0.15, -0.1) is 0 Å². The van der Waals surface area contributed by atoms with Crippen molar-refractivity contribution >= 4 is 40.2 Å². The predicted molar refractivity (Wildman–Crippen MR) is 140 cm³/mol. The number of carbonyl (C=O) groups is 1. The molecule has 3 aromatic carbocycles. The number of benzene rings is 3. The molecule has 3 aromatic rings. The van der Waals surface area contributed by atoms with Crippen LogP contribution in [0.4, 0.5) is 11.4 Å². The van der Waals surface area contributed by atoms with Crippen LogP contribution in [0.3, 0.4) is 0 Å². The molecule has 178 valence electrons. The van der Waals surface area contributed by atoms with Crippen molar-refractivity contribution in [3.8, 4) is 11.5 Å². The van der Waals surface area contributed by atoms with Crippen molar-refractivity contribution in [1.29, 1.82) is 0 Å². The predicted octanol–water partition coefficient (Wildman–Crippen LogP) is 6.36. The number of fused-ring (bicyclic) bond motifs is 2. The zero-order chi connectivity index (χ0) is 24.4. The zero-order valence-corrected chi connectivity index (χ0v) is 20.4. The lowest BCUT2D eigenvalue weighted by Gasteiger charge is -2.19. The van der Waals surface area contributed by atoms with Gasteiger partial charge in [0.15, 0.2) is 11.5 Å². The van der Waals surface area contributed by atoms with E-state index in [0.29, 0.717) is 33.5 Å². The fourth-order valence-electron chi connectivity index (χ4n) is 4.27. The molecule has 6 nitrogen and oxygen atoms in total. The van der Waals surface area contributed by atoms with Gasteiger partial charge in [-0.3, -0.25) is 9.69 Å². The second-order valence-corrected chi connectivity index (χ2v) is 8.78. The molecule has 0 atom stereocenters. The molecule has 2 aliphatic rings. The molecule has 2 N–H and O–H groups in total. The number of nitrogens with one attached hydrogen (secondary N) is 2. The SMILES string of the molecule is CCN(CC)Cc1ccc(NC(=C2C(=O)Nc3cc(Cl)ccc32)c2ccc3c(c2)OC=CO3)cc1. The minimum atomic E-state index is -0.197. The molecule has 2 aliphatic heterocycles. The summed E-state index contributed by atoms with van der Waals surface area (Å²) in [6, 6.07) is 19.3. The summed E-state index contributed by atoms with van der Waals surface area (Å²) in [4.78, 5) is 15.5. The van der Waals surface area contributed by atoms with Crippen molar-refractivity contribution in [1.82, 2.24) is 4.90 Å². The number of anilines is 2. The van der Waals surface area contributed by atoms with Crippen LogP contribution in [0.2, 0.25) is 5.02 Å². The molecule has 0 bridgehead atoms. The van der Waals surface area contributed by atoms with Crippen LogP contribution >= 0.6 is 11.6 Å². The third kappa shape index (κ3) is 4.76.